The SMILES string of the molecule is CCC1CCC2=C(C(C)(C)C)CCC=C21. The average Bonchev–Trinajstić information content (AvgIpc) is 2.58. The molecule has 1 unspecified atom stereocenters. The number of fused-ring (bicyclic) bond motifs is 1. The van der Waals surface area contributed by atoms with Crippen molar-refractivity contribution in [1.82, 2.24) is 0 Å². The van der Waals surface area contributed by atoms with Crippen LogP contribution >= 0.6 is 0 Å². The van der Waals surface area contributed by atoms with E-state index in [1.165, 1.54) is 32.1 Å². The Kier molecular flexibility index (Phi) is 2.79. The van der Waals surface area contributed by atoms with Crippen LogP contribution in [0.15, 0.2) is 22.8 Å². The molecule has 0 heterocycles. The molecule has 1 atom stereocenters. The van der Waals surface area contributed by atoms with Gasteiger partial charge in [0.1, 0.15) is 0 Å². The standard InChI is InChI=1S/C15H24/c1-5-11-9-10-13-12(11)7-6-8-14(13)15(2,3)4/h7,11H,5-6,8-10H2,1-4H3. The minimum absolute atomic E-state index is 0.386. The van der Waals surface area contributed by atoms with Gasteiger partial charge in [0.2, 0.25) is 0 Å². The van der Waals surface area contributed by atoms with Crippen molar-refractivity contribution < 1.29 is 0 Å². The molecule has 2 aliphatic rings. The highest BCUT2D eigenvalue weighted by Gasteiger charge is 2.31. The Morgan fingerprint density at radius 3 is 2.60 bits per heavy atom. The lowest BCUT2D eigenvalue weighted by molar-refractivity contribution is 0.474. The summed E-state index contributed by atoms with van der Waals surface area (Å²) in [7, 11) is 0. The molecule has 0 nitrogen and oxygen atoms in total. The van der Waals surface area contributed by atoms with Crippen LogP contribution in [0.4, 0.5) is 0 Å². The van der Waals surface area contributed by atoms with Gasteiger partial charge in [0.15, 0.2) is 0 Å². The number of allylic oxidation sites excluding steroid dienone is 4. The maximum Gasteiger partial charge on any atom is -0.0162 e. The molecule has 0 saturated heterocycles. The van der Waals surface area contributed by atoms with E-state index in [9.17, 15) is 0 Å². The summed E-state index contributed by atoms with van der Waals surface area (Å²) in [6.45, 7) is 9.45. The van der Waals surface area contributed by atoms with E-state index < -0.39 is 0 Å². The van der Waals surface area contributed by atoms with Gasteiger partial charge in [-0.15, -0.1) is 0 Å². The zero-order chi connectivity index (χ0) is 11.1. The third-order valence-corrected chi connectivity index (χ3v) is 4.05. The molecule has 0 aliphatic heterocycles. The first-order valence-corrected chi connectivity index (χ1v) is 6.47. The molecule has 0 radical (unpaired) electrons. The molecular weight excluding hydrogens is 180 g/mol. The molecule has 1 saturated carbocycles. The van der Waals surface area contributed by atoms with Gasteiger partial charge in [-0.25, -0.2) is 0 Å². The first kappa shape index (κ1) is 11.0. The van der Waals surface area contributed by atoms with Crippen molar-refractivity contribution in [2.24, 2.45) is 11.3 Å². The van der Waals surface area contributed by atoms with Crippen LogP contribution in [-0.4, -0.2) is 0 Å². The van der Waals surface area contributed by atoms with Gasteiger partial charge < -0.3 is 0 Å². The molecule has 0 amide bonds. The topological polar surface area (TPSA) is 0 Å². The monoisotopic (exact) mass is 204 g/mol. The van der Waals surface area contributed by atoms with Gasteiger partial charge in [0, 0.05) is 0 Å². The predicted molar refractivity (Wildman–Crippen MR) is 66.8 cm³/mol. The summed E-state index contributed by atoms with van der Waals surface area (Å²) < 4.78 is 0. The quantitative estimate of drug-likeness (QED) is 0.571. The van der Waals surface area contributed by atoms with Gasteiger partial charge in [0.05, 0.1) is 0 Å². The van der Waals surface area contributed by atoms with Crippen LogP contribution in [0, 0.1) is 11.3 Å². The molecule has 2 rings (SSSR count). The van der Waals surface area contributed by atoms with Crippen LogP contribution in [0.3, 0.4) is 0 Å². The van der Waals surface area contributed by atoms with Gasteiger partial charge in [0.25, 0.3) is 0 Å². The van der Waals surface area contributed by atoms with Crippen molar-refractivity contribution in [3.8, 4) is 0 Å². The van der Waals surface area contributed by atoms with E-state index in [1.807, 2.05) is 0 Å². The van der Waals surface area contributed by atoms with E-state index in [4.69, 9.17) is 0 Å². The first-order valence-electron chi connectivity index (χ1n) is 6.47. The summed E-state index contributed by atoms with van der Waals surface area (Å²) in [5.41, 5.74) is 5.59. The molecular formula is C15H24. The average molecular weight is 204 g/mol. The fraction of sp³-hybridized carbons (Fsp3) is 0.733. The molecule has 0 spiro atoms. The highest BCUT2D eigenvalue weighted by Crippen LogP contribution is 2.47. The molecule has 84 valence electrons. The highest BCUT2D eigenvalue weighted by molar-refractivity contribution is 5.45. The summed E-state index contributed by atoms with van der Waals surface area (Å²) >= 11 is 0. The number of hydrogen-bond acceptors (Lipinski definition) is 0. The summed E-state index contributed by atoms with van der Waals surface area (Å²) in [6, 6.07) is 0. The van der Waals surface area contributed by atoms with Crippen LogP contribution < -0.4 is 0 Å². The Balaban J connectivity index is 2.37. The molecule has 0 bridgehead atoms. The van der Waals surface area contributed by atoms with E-state index in [2.05, 4.69) is 33.8 Å². The predicted octanol–water partition coefficient (Wildman–Crippen LogP) is 4.87. The Bertz CT molecular complexity index is 309. The van der Waals surface area contributed by atoms with E-state index in [0.29, 0.717) is 5.41 Å². The van der Waals surface area contributed by atoms with E-state index >= 15 is 0 Å². The van der Waals surface area contributed by atoms with Crippen LogP contribution in [0.1, 0.15) is 59.8 Å². The number of rotatable bonds is 1. The maximum absolute atomic E-state index is 2.52. The molecule has 0 aromatic carbocycles. The van der Waals surface area contributed by atoms with Crippen LogP contribution in [0.2, 0.25) is 0 Å². The van der Waals surface area contributed by atoms with Crippen molar-refractivity contribution in [3.05, 3.63) is 22.8 Å². The van der Waals surface area contributed by atoms with Gasteiger partial charge in [-0.2, -0.15) is 0 Å². The van der Waals surface area contributed by atoms with Crippen molar-refractivity contribution in [1.29, 1.82) is 0 Å². The van der Waals surface area contributed by atoms with E-state index in [1.54, 1.807) is 16.7 Å². The van der Waals surface area contributed by atoms with E-state index in [-0.39, 0.29) is 0 Å². The maximum atomic E-state index is 2.52. The molecule has 0 N–H and O–H groups in total. The molecule has 0 aromatic rings. The summed E-state index contributed by atoms with van der Waals surface area (Å²) in [5.74, 6) is 0.873. The van der Waals surface area contributed by atoms with Crippen molar-refractivity contribution >= 4 is 0 Å². The Hall–Kier alpha value is -0.520. The smallest absolute Gasteiger partial charge is 0.0162 e. The zero-order valence-corrected chi connectivity index (χ0v) is 10.7. The van der Waals surface area contributed by atoms with Crippen LogP contribution in [-0.2, 0) is 0 Å². The highest BCUT2D eigenvalue weighted by atomic mass is 14.4. The largest absolute Gasteiger partial charge is 0.0804 e. The zero-order valence-electron chi connectivity index (χ0n) is 10.7. The summed E-state index contributed by atoms with van der Waals surface area (Å²) in [5, 5.41) is 0. The molecule has 0 aromatic heterocycles. The van der Waals surface area contributed by atoms with Crippen molar-refractivity contribution in [3.63, 3.8) is 0 Å². The third kappa shape index (κ3) is 1.91. The molecule has 1 fully saturated rings. The lowest BCUT2D eigenvalue weighted by Gasteiger charge is -2.29. The Morgan fingerprint density at radius 1 is 1.27 bits per heavy atom. The molecule has 2 aliphatic carbocycles. The molecule has 0 heteroatoms. The lowest BCUT2D eigenvalue weighted by Crippen LogP contribution is -2.14. The van der Waals surface area contributed by atoms with Gasteiger partial charge in [-0.3, -0.25) is 0 Å². The summed E-state index contributed by atoms with van der Waals surface area (Å²) in [6.07, 6.45) is 9.17. The van der Waals surface area contributed by atoms with Crippen molar-refractivity contribution in [2.45, 2.75) is 59.8 Å². The first-order chi connectivity index (χ1) is 7.04. The molecule has 15 heavy (non-hydrogen) atoms. The van der Waals surface area contributed by atoms with Gasteiger partial charge >= 0.3 is 0 Å². The second-order valence-corrected chi connectivity index (χ2v) is 6.05. The number of hydrogen-bond donors (Lipinski definition) is 0. The Morgan fingerprint density at radius 2 is 2.00 bits per heavy atom. The lowest BCUT2D eigenvalue weighted by atomic mass is 9.76. The minimum atomic E-state index is 0.386. The van der Waals surface area contributed by atoms with Crippen LogP contribution in [0.25, 0.3) is 0 Å². The normalized spacial score (nSPS) is 26.7. The van der Waals surface area contributed by atoms with Crippen LogP contribution in [0.5, 0.6) is 0 Å². The third-order valence-electron chi connectivity index (χ3n) is 4.05. The van der Waals surface area contributed by atoms with Crippen molar-refractivity contribution in [2.75, 3.05) is 0 Å². The van der Waals surface area contributed by atoms with Gasteiger partial charge in [-0.05, 0) is 54.6 Å². The van der Waals surface area contributed by atoms with Gasteiger partial charge in [-0.1, -0.05) is 39.3 Å². The minimum Gasteiger partial charge on any atom is -0.0804 e. The second kappa shape index (κ2) is 3.81. The Labute approximate surface area is 94.5 Å². The fourth-order valence-corrected chi connectivity index (χ4v) is 3.25. The fourth-order valence-electron chi connectivity index (χ4n) is 3.25. The van der Waals surface area contributed by atoms with E-state index in [0.717, 1.165) is 5.92 Å². The second-order valence-electron chi connectivity index (χ2n) is 6.05. The summed E-state index contributed by atoms with van der Waals surface area (Å²) in [4.78, 5) is 0.